The van der Waals surface area contributed by atoms with Crippen molar-refractivity contribution in [3.8, 4) is 5.75 Å². The van der Waals surface area contributed by atoms with Crippen molar-refractivity contribution < 1.29 is 15.0 Å². The standard InChI is InChI=1S/C12H8BN3O5/c13-7-4-5-11(17)8(6-7)14-12-9(15(18)19)2-1-3-10(12)16(20)21/h1-6,14,17H. The summed E-state index contributed by atoms with van der Waals surface area (Å²) in [7, 11) is 5.56. The molecule has 8 nitrogen and oxygen atoms in total. The van der Waals surface area contributed by atoms with E-state index in [1.165, 1.54) is 24.3 Å². The maximum atomic E-state index is 11.0. The second-order valence-electron chi connectivity index (χ2n) is 4.09. The first-order chi connectivity index (χ1) is 9.90. The van der Waals surface area contributed by atoms with Gasteiger partial charge in [0.1, 0.15) is 13.6 Å². The van der Waals surface area contributed by atoms with Gasteiger partial charge >= 0.3 is 0 Å². The number of benzene rings is 2. The summed E-state index contributed by atoms with van der Waals surface area (Å²) >= 11 is 0. The van der Waals surface area contributed by atoms with Crippen LogP contribution in [0.2, 0.25) is 0 Å². The lowest BCUT2D eigenvalue weighted by Crippen LogP contribution is -2.05. The van der Waals surface area contributed by atoms with Crippen LogP contribution in [0.4, 0.5) is 22.7 Å². The molecule has 21 heavy (non-hydrogen) atoms. The number of rotatable bonds is 4. The molecule has 0 saturated carbocycles. The van der Waals surface area contributed by atoms with Crippen molar-refractivity contribution in [1.82, 2.24) is 0 Å². The van der Waals surface area contributed by atoms with Crippen LogP contribution in [-0.4, -0.2) is 22.8 Å². The molecule has 0 spiro atoms. The van der Waals surface area contributed by atoms with Gasteiger partial charge in [0.05, 0.1) is 15.5 Å². The Labute approximate surface area is 119 Å². The minimum atomic E-state index is -0.751. The number of nitrogens with one attached hydrogen (secondary N) is 1. The number of aromatic hydroxyl groups is 1. The Morgan fingerprint density at radius 3 is 2.14 bits per heavy atom. The van der Waals surface area contributed by atoms with Gasteiger partial charge in [0.15, 0.2) is 5.69 Å². The zero-order chi connectivity index (χ0) is 15.6. The van der Waals surface area contributed by atoms with Crippen molar-refractivity contribution in [2.45, 2.75) is 0 Å². The van der Waals surface area contributed by atoms with Gasteiger partial charge < -0.3 is 10.4 Å². The maximum Gasteiger partial charge on any atom is 0.299 e. The minimum absolute atomic E-state index is 0.0346. The predicted octanol–water partition coefficient (Wildman–Crippen LogP) is 1.75. The molecule has 0 aliphatic carbocycles. The van der Waals surface area contributed by atoms with Crippen molar-refractivity contribution in [1.29, 1.82) is 0 Å². The highest BCUT2D eigenvalue weighted by atomic mass is 16.6. The van der Waals surface area contributed by atoms with Crippen LogP contribution < -0.4 is 10.8 Å². The molecule has 2 aromatic carbocycles. The average Bonchev–Trinajstić information content (AvgIpc) is 2.42. The number of hydrogen-bond acceptors (Lipinski definition) is 6. The number of anilines is 2. The van der Waals surface area contributed by atoms with Crippen molar-refractivity contribution in [3.05, 3.63) is 56.6 Å². The second kappa shape index (κ2) is 5.49. The van der Waals surface area contributed by atoms with E-state index in [0.29, 0.717) is 0 Å². The molecule has 0 bridgehead atoms. The summed E-state index contributed by atoms with van der Waals surface area (Å²) in [6, 6.07) is 7.47. The number of nitro benzene ring substituents is 2. The lowest BCUT2D eigenvalue weighted by atomic mass is 9.95. The monoisotopic (exact) mass is 285 g/mol. The Hall–Kier alpha value is -3.10. The lowest BCUT2D eigenvalue weighted by molar-refractivity contribution is -0.392. The molecule has 0 aliphatic heterocycles. The average molecular weight is 285 g/mol. The highest BCUT2D eigenvalue weighted by molar-refractivity contribution is 6.32. The zero-order valence-electron chi connectivity index (χ0n) is 10.5. The molecule has 2 aromatic rings. The van der Waals surface area contributed by atoms with Gasteiger partial charge in [-0.3, -0.25) is 20.2 Å². The Bertz CT molecular complexity index is 703. The summed E-state index contributed by atoms with van der Waals surface area (Å²) in [5.41, 5.74) is -0.964. The van der Waals surface area contributed by atoms with E-state index in [1.54, 1.807) is 0 Å². The van der Waals surface area contributed by atoms with Gasteiger partial charge in [-0.15, -0.1) is 0 Å². The largest absolute Gasteiger partial charge is 0.506 e. The van der Waals surface area contributed by atoms with Crippen LogP contribution in [0.25, 0.3) is 0 Å². The van der Waals surface area contributed by atoms with Gasteiger partial charge in [0, 0.05) is 12.1 Å². The summed E-state index contributed by atoms with van der Waals surface area (Å²) in [5, 5.41) is 34.2. The van der Waals surface area contributed by atoms with Gasteiger partial charge in [0.25, 0.3) is 11.4 Å². The quantitative estimate of drug-likeness (QED) is 0.382. The number of phenolic OH excluding ortho intramolecular Hbond substituents is 1. The molecule has 0 fully saturated rings. The fourth-order valence-electron chi connectivity index (χ4n) is 1.75. The van der Waals surface area contributed by atoms with E-state index < -0.39 is 21.2 Å². The Balaban J connectivity index is 2.59. The van der Waals surface area contributed by atoms with E-state index >= 15 is 0 Å². The van der Waals surface area contributed by atoms with Crippen molar-refractivity contribution >= 4 is 36.1 Å². The molecule has 2 radical (unpaired) electrons. The number of para-hydroxylation sites is 1. The SMILES string of the molecule is [B]c1ccc(O)c(Nc2c([N+](=O)[O-])cccc2[N+](=O)[O-])c1. The highest BCUT2D eigenvalue weighted by Crippen LogP contribution is 2.37. The Kier molecular flexibility index (Phi) is 3.74. The van der Waals surface area contributed by atoms with Crippen LogP contribution >= 0.6 is 0 Å². The topological polar surface area (TPSA) is 119 Å². The molecule has 0 saturated heterocycles. The summed E-state index contributed by atoms with van der Waals surface area (Å²) in [5.74, 6) is -0.239. The van der Waals surface area contributed by atoms with Crippen molar-refractivity contribution in [2.24, 2.45) is 0 Å². The maximum absolute atomic E-state index is 11.0. The molecule has 0 heterocycles. The van der Waals surface area contributed by atoms with Crippen molar-refractivity contribution in [2.75, 3.05) is 5.32 Å². The number of phenols is 1. The van der Waals surface area contributed by atoms with E-state index in [0.717, 1.165) is 12.1 Å². The van der Waals surface area contributed by atoms with Gasteiger partial charge in [-0.2, -0.15) is 0 Å². The van der Waals surface area contributed by atoms with Crippen LogP contribution in [-0.2, 0) is 0 Å². The molecule has 0 amide bonds. The normalized spacial score (nSPS) is 10.1. The highest BCUT2D eigenvalue weighted by Gasteiger charge is 2.25. The van der Waals surface area contributed by atoms with Crippen LogP contribution in [0.5, 0.6) is 5.75 Å². The third-order valence-corrected chi connectivity index (χ3v) is 2.69. The smallest absolute Gasteiger partial charge is 0.299 e. The number of nitrogens with zero attached hydrogens (tertiary/aromatic N) is 2. The zero-order valence-corrected chi connectivity index (χ0v) is 10.5. The van der Waals surface area contributed by atoms with E-state index in [9.17, 15) is 25.3 Å². The summed E-state index contributed by atoms with van der Waals surface area (Å²) in [6.07, 6.45) is 0. The first-order valence-corrected chi connectivity index (χ1v) is 5.67. The minimum Gasteiger partial charge on any atom is -0.506 e. The van der Waals surface area contributed by atoms with E-state index in [4.69, 9.17) is 7.85 Å². The van der Waals surface area contributed by atoms with Crippen LogP contribution in [0, 0.1) is 20.2 Å². The summed E-state index contributed by atoms with van der Waals surface area (Å²) in [4.78, 5) is 20.5. The first kappa shape index (κ1) is 14.3. The van der Waals surface area contributed by atoms with Gasteiger partial charge in [-0.25, -0.2) is 0 Å². The van der Waals surface area contributed by atoms with Crippen LogP contribution in [0.15, 0.2) is 36.4 Å². The van der Waals surface area contributed by atoms with Crippen molar-refractivity contribution in [3.63, 3.8) is 0 Å². The van der Waals surface area contributed by atoms with Crippen LogP contribution in [0.3, 0.4) is 0 Å². The number of hydrogen-bond donors (Lipinski definition) is 2. The fourth-order valence-corrected chi connectivity index (χ4v) is 1.75. The molecule has 0 atom stereocenters. The molecule has 2 N–H and O–H groups in total. The molecular formula is C12H8BN3O5. The molecule has 9 heteroatoms. The summed E-state index contributed by atoms with van der Waals surface area (Å²) < 4.78 is 0. The molecule has 0 aromatic heterocycles. The fraction of sp³-hybridized carbons (Fsp3) is 0. The molecule has 2 rings (SSSR count). The van der Waals surface area contributed by atoms with Gasteiger partial charge in [0.2, 0.25) is 0 Å². The number of nitro groups is 2. The molecular weight excluding hydrogens is 277 g/mol. The van der Waals surface area contributed by atoms with Gasteiger partial charge in [-0.1, -0.05) is 11.5 Å². The second-order valence-corrected chi connectivity index (χ2v) is 4.09. The van der Waals surface area contributed by atoms with E-state index in [2.05, 4.69) is 5.32 Å². The predicted molar refractivity (Wildman–Crippen MR) is 76.5 cm³/mol. The van der Waals surface area contributed by atoms with Crippen LogP contribution in [0.1, 0.15) is 0 Å². The molecule has 0 aliphatic rings. The third kappa shape index (κ3) is 2.91. The molecule has 104 valence electrons. The summed E-state index contributed by atoms with van der Waals surface area (Å²) in [6.45, 7) is 0. The first-order valence-electron chi connectivity index (χ1n) is 5.67. The van der Waals surface area contributed by atoms with E-state index in [-0.39, 0.29) is 22.6 Å². The van der Waals surface area contributed by atoms with Gasteiger partial charge in [-0.05, 0) is 18.2 Å². The third-order valence-electron chi connectivity index (χ3n) is 2.69. The lowest BCUT2D eigenvalue weighted by Gasteiger charge is -2.10. The Morgan fingerprint density at radius 2 is 1.62 bits per heavy atom. The Morgan fingerprint density at radius 1 is 1.05 bits per heavy atom. The van der Waals surface area contributed by atoms with E-state index in [1.807, 2.05) is 0 Å². The molecule has 0 unspecified atom stereocenters.